The van der Waals surface area contributed by atoms with Gasteiger partial charge in [0.05, 0.1) is 7.11 Å². The van der Waals surface area contributed by atoms with Gasteiger partial charge in [-0.05, 0) is 31.0 Å². The minimum atomic E-state index is -0.462. The molecule has 0 heterocycles. The van der Waals surface area contributed by atoms with E-state index in [9.17, 15) is 4.39 Å². The van der Waals surface area contributed by atoms with Crippen molar-refractivity contribution in [3.63, 3.8) is 0 Å². The van der Waals surface area contributed by atoms with Crippen LogP contribution in [0.3, 0.4) is 0 Å². The molecule has 0 saturated carbocycles. The molecule has 0 atom stereocenters. The molecule has 1 nitrogen and oxygen atoms in total. The summed E-state index contributed by atoms with van der Waals surface area (Å²) in [5.74, 6) is 0.639. The van der Waals surface area contributed by atoms with Crippen molar-refractivity contribution in [3.05, 3.63) is 28.8 Å². The van der Waals surface area contributed by atoms with Gasteiger partial charge in [-0.15, -0.1) is 0 Å². The molecule has 1 aromatic carbocycles. The minimum absolute atomic E-state index is 0.462. The molecule has 1 rings (SSSR count). The first-order chi connectivity index (χ1) is 5.70. The summed E-state index contributed by atoms with van der Waals surface area (Å²) in [5.41, 5.74) is 2.75. The van der Waals surface area contributed by atoms with E-state index in [-0.39, 0.29) is 0 Å². The highest BCUT2D eigenvalue weighted by Gasteiger charge is 2.07. The Balaban J connectivity index is 3.25. The van der Waals surface area contributed by atoms with Crippen LogP contribution in [-0.4, -0.2) is 7.11 Å². The van der Waals surface area contributed by atoms with Gasteiger partial charge in [-0.3, -0.25) is 0 Å². The molecule has 0 aromatic heterocycles. The fraction of sp³-hybridized carbons (Fsp3) is 0.400. The smallest absolute Gasteiger partial charge is 0.124 e. The fourth-order valence-electron chi connectivity index (χ4n) is 1.21. The van der Waals surface area contributed by atoms with Crippen LogP contribution in [0.2, 0.25) is 0 Å². The molecule has 0 aliphatic carbocycles. The Bertz CT molecular complexity index is 281. The Morgan fingerprint density at radius 3 is 2.50 bits per heavy atom. The Morgan fingerprint density at radius 2 is 2.00 bits per heavy atom. The Hall–Kier alpha value is -1.05. The number of halogens is 1. The van der Waals surface area contributed by atoms with Crippen molar-refractivity contribution in [1.82, 2.24) is 0 Å². The summed E-state index contributed by atoms with van der Waals surface area (Å²) in [4.78, 5) is 0. The Kier molecular flexibility index (Phi) is 2.69. The van der Waals surface area contributed by atoms with Crippen LogP contribution in [0, 0.1) is 13.8 Å². The SMILES string of the molecule is COc1ccc(C)c(C)c1CF. The average molecular weight is 168 g/mol. The van der Waals surface area contributed by atoms with E-state index >= 15 is 0 Å². The maximum absolute atomic E-state index is 12.5. The van der Waals surface area contributed by atoms with E-state index in [0.29, 0.717) is 11.3 Å². The first-order valence-electron chi connectivity index (χ1n) is 3.89. The second-order valence-corrected chi connectivity index (χ2v) is 2.82. The van der Waals surface area contributed by atoms with E-state index in [1.165, 1.54) is 0 Å². The lowest BCUT2D eigenvalue weighted by molar-refractivity contribution is 0.393. The number of alkyl halides is 1. The van der Waals surface area contributed by atoms with Gasteiger partial charge < -0.3 is 4.74 Å². The summed E-state index contributed by atoms with van der Waals surface area (Å²) in [6, 6.07) is 3.74. The minimum Gasteiger partial charge on any atom is -0.496 e. The number of methoxy groups -OCH3 is 1. The van der Waals surface area contributed by atoms with E-state index in [0.717, 1.165) is 11.1 Å². The number of hydrogen-bond donors (Lipinski definition) is 0. The molecule has 0 saturated heterocycles. The lowest BCUT2D eigenvalue weighted by Gasteiger charge is -2.10. The highest BCUT2D eigenvalue weighted by Crippen LogP contribution is 2.25. The molecule has 0 unspecified atom stereocenters. The molecule has 0 amide bonds. The quantitative estimate of drug-likeness (QED) is 0.659. The lowest BCUT2D eigenvalue weighted by Crippen LogP contribution is -1.95. The van der Waals surface area contributed by atoms with Crippen LogP contribution >= 0.6 is 0 Å². The van der Waals surface area contributed by atoms with Gasteiger partial charge in [0.15, 0.2) is 0 Å². The fourth-order valence-corrected chi connectivity index (χ4v) is 1.21. The molecule has 0 radical (unpaired) electrons. The molecule has 1 aromatic rings. The summed E-state index contributed by atoms with van der Waals surface area (Å²) in [5, 5.41) is 0. The molecule has 0 N–H and O–H groups in total. The second kappa shape index (κ2) is 3.57. The van der Waals surface area contributed by atoms with Crippen LogP contribution in [0.25, 0.3) is 0 Å². The summed E-state index contributed by atoms with van der Waals surface area (Å²) in [6.07, 6.45) is 0. The predicted octanol–water partition coefficient (Wildman–Crippen LogP) is 2.78. The second-order valence-electron chi connectivity index (χ2n) is 2.82. The Morgan fingerprint density at radius 1 is 1.33 bits per heavy atom. The maximum Gasteiger partial charge on any atom is 0.124 e. The van der Waals surface area contributed by atoms with Crippen molar-refractivity contribution in [3.8, 4) is 5.75 Å². The molecular weight excluding hydrogens is 155 g/mol. The largest absolute Gasteiger partial charge is 0.496 e. The molecule has 12 heavy (non-hydrogen) atoms. The number of aryl methyl sites for hydroxylation is 1. The predicted molar refractivity (Wildman–Crippen MR) is 47.3 cm³/mol. The number of hydrogen-bond acceptors (Lipinski definition) is 1. The van der Waals surface area contributed by atoms with Gasteiger partial charge in [-0.1, -0.05) is 6.07 Å². The molecule has 0 fully saturated rings. The van der Waals surface area contributed by atoms with Crippen molar-refractivity contribution < 1.29 is 9.13 Å². The molecule has 0 aliphatic rings. The normalized spacial score (nSPS) is 10.0. The number of ether oxygens (including phenoxy) is 1. The van der Waals surface area contributed by atoms with Gasteiger partial charge in [0, 0.05) is 5.56 Å². The first-order valence-corrected chi connectivity index (χ1v) is 3.89. The van der Waals surface area contributed by atoms with Crippen LogP contribution in [0.1, 0.15) is 16.7 Å². The topological polar surface area (TPSA) is 9.23 Å². The average Bonchev–Trinajstić information content (AvgIpc) is 2.09. The van der Waals surface area contributed by atoms with Gasteiger partial charge in [0.25, 0.3) is 0 Å². The third-order valence-corrected chi connectivity index (χ3v) is 2.18. The summed E-state index contributed by atoms with van der Waals surface area (Å²) < 4.78 is 17.6. The third-order valence-electron chi connectivity index (χ3n) is 2.18. The highest BCUT2D eigenvalue weighted by atomic mass is 19.1. The van der Waals surface area contributed by atoms with Crippen LogP contribution in [0.4, 0.5) is 4.39 Å². The van der Waals surface area contributed by atoms with Crippen LogP contribution < -0.4 is 4.74 Å². The standard InChI is InChI=1S/C10H13FO/c1-7-4-5-10(12-3)9(6-11)8(7)2/h4-5H,6H2,1-3H3. The summed E-state index contributed by atoms with van der Waals surface area (Å²) >= 11 is 0. The molecule has 0 spiro atoms. The van der Waals surface area contributed by atoms with Crippen molar-refractivity contribution in [2.75, 3.05) is 7.11 Å². The van der Waals surface area contributed by atoms with Gasteiger partial charge in [0.2, 0.25) is 0 Å². The molecule has 0 bridgehead atoms. The van der Waals surface area contributed by atoms with Gasteiger partial charge >= 0.3 is 0 Å². The molecule has 0 aliphatic heterocycles. The zero-order valence-electron chi connectivity index (χ0n) is 7.65. The van der Waals surface area contributed by atoms with E-state index in [1.54, 1.807) is 13.2 Å². The molecule has 2 heteroatoms. The van der Waals surface area contributed by atoms with Crippen LogP contribution in [-0.2, 0) is 6.67 Å². The van der Waals surface area contributed by atoms with Crippen molar-refractivity contribution in [1.29, 1.82) is 0 Å². The Labute approximate surface area is 72.2 Å². The van der Waals surface area contributed by atoms with E-state index in [4.69, 9.17) is 4.74 Å². The zero-order chi connectivity index (χ0) is 9.14. The lowest BCUT2D eigenvalue weighted by atomic mass is 10.0. The molecule has 66 valence electrons. The number of benzene rings is 1. The first kappa shape index (κ1) is 9.04. The maximum atomic E-state index is 12.5. The van der Waals surface area contributed by atoms with Crippen molar-refractivity contribution in [2.24, 2.45) is 0 Å². The van der Waals surface area contributed by atoms with Crippen LogP contribution in [0.5, 0.6) is 5.75 Å². The van der Waals surface area contributed by atoms with E-state index < -0.39 is 6.67 Å². The van der Waals surface area contributed by atoms with Gasteiger partial charge in [0.1, 0.15) is 12.4 Å². The van der Waals surface area contributed by atoms with Crippen molar-refractivity contribution in [2.45, 2.75) is 20.5 Å². The van der Waals surface area contributed by atoms with Crippen molar-refractivity contribution >= 4 is 0 Å². The monoisotopic (exact) mass is 168 g/mol. The van der Waals surface area contributed by atoms with E-state index in [1.807, 2.05) is 19.9 Å². The number of rotatable bonds is 2. The van der Waals surface area contributed by atoms with E-state index in [2.05, 4.69) is 0 Å². The third kappa shape index (κ3) is 1.42. The highest BCUT2D eigenvalue weighted by molar-refractivity contribution is 5.43. The summed E-state index contributed by atoms with van der Waals surface area (Å²) in [6.45, 7) is 3.41. The van der Waals surface area contributed by atoms with Gasteiger partial charge in [-0.2, -0.15) is 0 Å². The molecular formula is C10H13FO. The van der Waals surface area contributed by atoms with Crippen LogP contribution in [0.15, 0.2) is 12.1 Å². The zero-order valence-corrected chi connectivity index (χ0v) is 7.65. The van der Waals surface area contributed by atoms with Gasteiger partial charge in [-0.25, -0.2) is 4.39 Å². The summed E-state index contributed by atoms with van der Waals surface area (Å²) in [7, 11) is 1.56.